The van der Waals surface area contributed by atoms with Gasteiger partial charge in [0.15, 0.2) is 0 Å². The molecule has 28 heavy (non-hydrogen) atoms. The van der Waals surface area contributed by atoms with Gasteiger partial charge in [-0.05, 0) is 50.0 Å². The molecular weight excluding hydrogens is 366 g/mol. The zero-order valence-electron chi connectivity index (χ0n) is 16.6. The van der Waals surface area contributed by atoms with Gasteiger partial charge in [-0.25, -0.2) is 0 Å². The summed E-state index contributed by atoms with van der Waals surface area (Å²) >= 11 is 1.68. The minimum atomic E-state index is 0.0283. The number of aromatic nitrogens is 1. The van der Waals surface area contributed by atoms with E-state index in [-0.39, 0.29) is 17.9 Å². The molecule has 1 aliphatic rings. The van der Waals surface area contributed by atoms with Crippen LogP contribution < -0.4 is 11.1 Å². The predicted molar refractivity (Wildman–Crippen MR) is 120 cm³/mol. The molecule has 0 saturated heterocycles. The highest BCUT2D eigenvalue weighted by Crippen LogP contribution is 2.33. The highest BCUT2D eigenvalue weighted by atomic mass is 32.2. The predicted octanol–water partition coefficient (Wildman–Crippen LogP) is 3.98. The Bertz CT molecular complexity index is 815. The lowest BCUT2D eigenvalue weighted by atomic mass is 10.1. The van der Waals surface area contributed by atoms with Crippen LogP contribution in [0.5, 0.6) is 0 Å². The number of hydrogen-bond acceptors (Lipinski definition) is 5. The van der Waals surface area contributed by atoms with E-state index in [4.69, 9.17) is 10.8 Å². The second kappa shape index (κ2) is 11.4. The monoisotopic (exact) mass is 395 g/mol. The van der Waals surface area contributed by atoms with Crippen molar-refractivity contribution in [1.29, 1.82) is 0 Å². The van der Waals surface area contributed by atoms with Crippen LogP contribution in [0.25, 0.3) is 4.91 Å². The molecule has 148 valence electrons. The summed E-state index contributed by atoms with van der Waals surface area (Å²) in [4.78, 5) is 5.51. The third kappa shape index (κ3) is 6.63. The summed E-state index contributed by atoms with van der Waals surface area (Å²) in [6.45, 7) is 8.23. The molecule has 4 N–H and O–H groups in total. The molecule has 0 aromatic carbocycles. The molecule has 0 bridgehead atoms. The van der Waals surface area contributed by atoms with Gasteiger partial charge in [0, 0.05) is 23.8 Å². The number of allylic oxidation sites excluding steroid dienone is 4. The quantitative estimate of drug-likeness (QED) is 0.459. The van der Waals surface area contributed by atoms with Crippen LogP contribution in [0.1, 0.15) is 38.8 Å². The lowest BCUT2D eigenvalue weighted by Gasteiger charge is -2.19. The van der Waals surface area contributed by atoms with Crippen molar-refractivity contribution in [3.63, 3.8) is 0 Å². The van der Waals surface area contributed by atoms with Crippen LogP contribution in [0.3, 0.4) is 0 Å². The van der Waals surface area contributed by atoms with Gasteiger partial charge in [-0.3, -0.25) is 4.98 Å². The van der Waals surface area contributed by atoms with Crippen LogP contribution >= 0.6 is 11.8 Å². The van der Waals surface area contributed by atoms with Crippen molar-refractivity contribution in [2.45, 2.75) is 44.4 Å². The summed E-state index contributed by atoms with van der Waals surface area (Å²) in [5.41, 5.74) is 8.83. The van der Waals surface area contributed by atoms with Crippen LogP contribution in [-0.2, 0) is 0 Å². The van der Waals surface area contributed by atoms with Gasteiger partial charge in [0.25, 0.3) is 0 Å². The van der Waals surface area contributed by atoms with Crippen molar-refractivity contribution in [2.24, 2.45) is 5.73 Å². The SMILES string of the molecule is C=C(C)/C(C#CC1C=CC=C(c2ccccn2)S1)=C(\N)N[C@H](CC)CCCO. The molecule has 1 unspecified atom stereocenters. The Morgan fingerprint density at radius 1 is 1.46 bits per heavy atom. The van der Waals surface area contributed by atoms with Crippen molar-refractivity contribution < 1.29 is 5.11 Å². The first-order valence-electron chi connectivity index (χ1n) is 9.56. The Morgan fingerprint density at radius 3 is 2.93 bits per heavy atom. The number of rotatable bonds is 8. The number of thioether (sulfide) groups is 1. The Hall–Kier alpha value is -2.42. The van der Waals surface area contributed by atoms with Gasteiger partial charge >= 0.3 is 0 Å². The number of nitrogens with one attached hydrogen (secondary N) is 1. The molecule has 4 nitrogen and oxygen atoms in total. The number of nitrogens with two attached hydrogens (primary N) is 1. The summed E-state index contributed by atoms with van der Waals surface area (Å²) in [6, 6.07) is 6.11. The van der Waals surface area contributed by atoms with E-state index in [1.807, 2.05) is 31.2 Å². The van der Waals surface area contributed by atoms with E-state index >= 15 is 0 Å². The van der Waals surface area contributed by atoms with E-state index in [0.29, 0.717) is 5.82 Å². The molecular formula is C23H29N3OS. The molecule has 0 aliphatic carbocycles. The largest absolute Gasteiger partial charge is 0.396 e. The van der Waals surface area contributed by atoms with Gasteiger partial charge in [0.2, 0.25) is 0 Å². The third-order valence-corrected chi connectivity index (χ3v) is 5.43. The first kappa shape index (κ1) is 21.9. The van der Waals surface area contributed by atoms with Gasteiger partial charge in [-0.1, -0.05) is 43.6 Å². The first-order valence-corrected chi connectivity index (χ1v) is 10.4. The maximum absolute atomic E-state index is 9.05. The summed E-state index contributed by atoms with van der Waals surface area (Å²) in [6.07, 6.45) is 10.5. The number of aliphatic hydroxyl groups excluding tert-OH is 1. The van der Waals surface area contributed by atoms with Gasteiger partial charge < -0.3 is 16.2 Å². The van der Waals surface area contributed by atoms with Crippen molar-refractivity contribution in [3.05, 3.63) is 71.9 Å². The zero-order chi connectivity index (χ0) is 20.4. The Balaban J connectivity index is 2.13. The summed E-state index contributed by atoms with van der Waals surface area (Å²) in [7, 11) is 0. The summed E-state index contributed by atoms with van der Waals surface area (Å²) in [5.74, 6) is 7.07. The van der Waals surface area contributed by atoms with E-state index in [9.17, 15) is 0 Å². The van der Waals surface area contributed by atoms with Crippen molar-refractivity contribution >= 4 is 16.7 Å². The lowest BCUT2D eigenvalue weighted by molar-refractivity contribution is 0.275. The van der Waals surface area contributed by atoms with E-state index < -0.39 is 0 Å². The van der Waals surface area contributed by atoms with E-state index in [1.54, 1.807) is 18.0 Å². The van der Waals surface area contributed by atoms with Gasteiger partial charge in [-0.2, -0.15) is 0 Å². The molecule has 0 amide bonds. The van der Waals surface area contributed by atoms with Crippen molar-refractivity contribution in [2.75, 3.05) is 6.61 Å². The minimum absolute atomic E-state index is 0.0283. The number of pyridine rings is 1. The molecule has 0 saturated carbocycles. The zero-order valence-corrected chi connectivity index (χ0v) is 17.4. The average Bonchev–Trinajstić information content (AvgIpc) is 2.71. The normalized spacial score (nSPS) is 17.7. The van der Waals surface area contributed by atoms with Crippen molar-refractivity contribution in [1.82, 2.24) is 10.3 Å². The fourth-order valence-electron chi connectivity index (χ4n) is 2.75. The lowest BCUT2D eigenvalue weighted by Crippen LogP contribution is -2.33. The average molecular weight is 396 g/mol. The number of nitrogens with zero attached hydrogens (tertiary/aromatic N) is 1. The first-order chi connectivity index (χ1) is 13.5. The van der Waals surface area contributed by atoms with Crippen LogP contribution in [0.2, 0.25) is 0 Å². The van der Waals surface area contributed by atoms with Crippen LogP contribution in [0.4, 0.5) is 0 Å². The molecule has 0 fully saturated rings. The second-order valence-electron chi connectivity index (χ2n) is 6.62. The molecule has 2 rings (SSSR count). The highest BCUT2D eigenvalue weighted by molar-refractivity contribution is 8.09. The van der Waals surface area contributed by atoms with Crippen LogP contribution in [0, 0.1) is 11.8 Å². The van der Waals surface area contributed by atoms with Gasteiger partial charge in [-0.15, -0.1) is 11.8 Å². The fourth-order valence-corrected chi connectivity index (χ4v) is 3.71. The van der Waals surface area contributed by atoms with Crippen molar-refractivity contribution in [3.8, 4) is 11.8 Å². The second-order valence-corrected chi connectivity index (χ2v) is 7.81. The maximum Gasteiger partial charge on any atom is 0.113 e. The Morgan fingerprint density at radius 2 is 2.29 bits per heavy atom. The molecule has 1 aromatic rings. The Labute approximate surface area is 172 Å². The maximum atomic E-state index is 9.05. The smallest absolute Gasteiger partial charge is 0.113 e. The third-order valence-electron chi connectivity index (χ3n) is 4.30. The van der Waals surface area contributed by atoms with Crippen LogP contribution in [-0.4, -0.2) is 28.0 Å². The molecule has 1 aliphatic heterocycles. The summed E-state index contributed by atoms with van der Waals surface area (Å²) in [5, 5.41) is 12.4. The standard InChI is InChI=1S/C23H29N3OS/c1-4-18(9-8-16-27)26-23(24)20(17(2)3)14-13-19-10-7-12-22(28-19)21-11-5-6-15-25-21/h5-7,10-12,15,18-19,26-27H,2,4,8-9,16,24H2,1,3H3/b23-20+/t18-,19?/m1/s1. The molecule has 5 heteroatoms. The van der Waals surface area contributed by atoms with E-state index in [1.165, 1.54) is 0 Å². The molecule has 1 aromatic heterocycles. The molecule has 0 spiro atoms. The van der Waals surface area contributed by atoms with Gasteiger partial charge in [0.05, 0.1) is 16.5 Å². The Kier molecular flexibility index (Phi) is 8.93. The van der Waals surface area contributed by atoms with Gasteiger partial charge in [0.1, 0.15) is 5.82 Å². The fraction of sp³-hybridized carbons (Fsp3) is 0.348. The molecule has 2 atom stereocenters. The minimum Gasteiger partial charge on any atom is -0.396 e. The van der Waals surface area contributed by atoms with E-state index in [0.717, 1.165) is 41.0 Å². The topological polar surface area (TPSA) is 71.2 Å². The highest BCUT2D eigenvalue weighted by Gasteiger charge is 2.13. The number of aliphatic hydroxyl groups is 1. The molecule has 2 heterocycles. The van der Waals surface area contributed by atoms with Crippen LogP contribution in [0.15, 0.2) is 66.2 Å². The number of hydrogen-bond donors (Lipinski definition) is 3. The van der Waals surface area contributed by atoms with E-state index in [2.05, 4.69) is 47.8 Å². The summed E-state index contributed by atoms with van der Waals surface area (Å²) < 4.78 is 0. The molecule has 0 radical (unpaired) electrons.